The first-order valence-corrected chi connectivity index (χ1v) is 5.94. The average Bonchev–Trinajstić information content (AvgIpc) is 2.26. The minimum Gasteiger partial charge on any atom is -0.393 e. The fraction of sp³-hybridized carbons (Fsp3) is 0.500. The number of hydrogen-bond acceptors (Lipinski definition) is 3. The van der Waals surface area contributed by atoms with Crippen molar-refractivity contribution in [1.29, 1.82) is 0 Å². The van der Waals surface area contributed by atoms with Crippen molar-refractivity contribution in [2.45, 2.75) is 32.8 Å². The molecule has 17 heavy (non-hydrogen) atoms. The molecule has 1 rings (SSSR count). The molecule has 0 saturated carbocycles. The van der Waals surface area contributed by atoms with E-state index in [-0.39, 0.29) is 11.6 Å². The molecule has 5 heteroatoms. The smallest absolute Gasteiger partial charge is 0.274 e. The summed E-state index contributed by atoms with van der Waals surface area (Å²) in [6.07, 6.45) is 0.786. The maximum atomic E-state index is 10.9. The monoisotopic (exact) mass is 257 g/mol. The van der Waals surface area contributed by atoms with E-state index in [2.05, 4.69) is 0 Å². The lowest BCUT2D eigenvalue weighted by Crippen LogP contribution is -2.18. The molecule has 0 aliphatic heterocycles. The van der Waals surface area contributed by atoms with Crippen LogP contribution < -0.4 is 0 Å². The lowest BCUT2D eigenvalue weighted by molar-refractivity contribution is -0.385. The van der Waals surface area contributed by atoms with E-state index in [1.165, 1.54) is 6.07 Å². The van der Waals surface area contributed by atoms with Crippen molar-refractivity contribution in [2.75, 3.05) is 0 Å². The van der Waals surface area contributed by atoms with Gasteiger partial charge < -0.3 is 5.11 Å². The Morgan fingerprint density at radius 2 is 2.18 bits per heavy atom. The molecule has 1 aromatic carbocycles. The molecule has 0 fully saturated rings. The van der Waals surface area contributed by atoms with E-state index in [4.69, 9.17) is 11.6 Å². The van der Waals surface area contributed by atoms with Crippen LogP contribution in [0, 0.1) is 16.0 Å². The lowest BCUT2D eigenvalue weighted by Gasteiger charge is -2.17. The fourth-order valence-corrected chi connectivity index (χ4v) is 1.98. The van der Waals surface area contributed by atoms with Crippen molar-refractivity contribution in [1.82, 2.24) is 0 Å². The van der Waals surface area contributed by atoms with Gasteiger partial charge in [-0.25, -0.2) is 0 Å². The molecular formula is C12H16ClNO3. The Morgan fingerprint density at radius 1 is 1.53 bits per heavy atom. The van der Waals surface area contributed by atoms with Crippen molar-refractivity contribution in [3.05, 3.63) is 38.9 Å². The van der Waals surface area contributed by atoms with Gasteiger partial charge in [0.2, 0.25) is 0 Å². The Hall–Kier alpha value is -1.13. The number of hydrogen-bond donors (Lipinski definition) is 1. The Morgan fingerprint density at radius 3 is 2.65 bits per heavy atom. The van der Waals surface area contributed by atoms with Gasteiger partial charge >= 0.3 is 0 Å². The predicted molar refractivity (Wildman–Crippen MR) is 67.3 cm³/mol. The molecule has 0 bridgehead atoms. The third kappa shape index (κ3) is 3.68. The molecule has 1 aromatic rings. The number of nitrogens with zero attached hydrogens (tertiary/aromatic N) is 1. The topological polar surface area (TPSA) is 63.4 Å². The highest BCUT2D eigenvalue weighted by Gasteiger charge is 2.20. The maximum absolute atomic E-state index is 10.9. The first-order valence-electron chi connectivity index (χ1n) is 5.56. The summed E-state index contributed by atoms with van der Waals surface area (Å²) >= 11 is 5.74. The Bertz CT molecular complexity index is 407. The summed E-state index contributed by atoms with van der Waals surface area (Å²) in [5.41, 5.74) is 0.642. The summed E-state index contributed by atoms with van der Waals surface area (Å²) < 4.78 is 0. The van der Waals surface area contributed by atoms with E-state index in [1.54, 1.807) is 19.1 Å². The van der Waals surface area contributed by atoms with Crippen LogP contribution in [0.2, 0.25) is 5.02 Å². The van der Waals surface area contributed by atoms with E-state index < -0.39 is 11.0 Å². The number of benzene rings is 1. The number of halogens is 1. The van der Waals surface area contributed by atoms with E-state index in [9.17, 15) is 15.2 Å². The van der Waals surface area contributed by atoms with Crippen molar-refractivity contribution in [3.8, 4) is 0 Å². The molecule has 0 aliphatic carbocycles. The first kappa shape index (κ1) is 13.9. The molecule has 4 nitrogen and oxygen atoms in total. The Balaban J connectivity index is 3.01. The number of aliphatic hydroxyl groups excluding tert-OH is 1. The van der Waals surface area contributed by atoms with Gasteiger partial charge in [-0.3, -0.25) is 10.1 Å². The van der Waals surface area contributed by atoms with Crippen LogP contribution in [0.4, 0.5) is 5.69 Å². The maximum Gasteiger partial charge on any atom is 0.274 e. The molecule has 0 heterocycles. The SMILES string of the molecule is CCC(Cc1ccc(Cl)cc1[N+](=O)[O-])C(C)O. The van der Waals surface area contributed by atoms with Crippen LogP contribution in [0.5, 0.6) is 0 Å². The molecule has 0 amide bonds. The first-order chi connectivity index (χ1) is 7.95. The molecule has 0 spiro atoms. The van der Waals surface area contributed by atoms with Gasteiger partial charge in [-0.05, 0) is 25.3 Å². The summed E-state index contributed by atoms with van der Waals surface area (Å²) in [4.78, 5) is 10.5. The summed E-state index contributed by atoms with van der Waals surface area (Å²) in [5, 5.41) is 20.8. The third-order valence-corrected chi connectivity index (χ3v) is 3.17. The van der Waals surface area contributed by atoms with Crippen LogP contribution in [0.3, 0.4) is 0 Å². The molecular weight excluding hydrogens is 242 g/mol. The summed E-state index contributed by atoms with van der Waals surface area (Å²) in [6.45, 7) is 3.66. The zero-order chi connectivity index (χ0) is 13.0. The van der Waals surface area contributed by atoms with Gasteiger partial charge in [0.15, 0.2) is 0 Å². The van der Waals surface area contributed by atoms with Crippen LogP contribution >= 0.6 is 11.6 Å². The van der Waals surface area contributed by atoms with Crippen LogP contribution in [0.1, 0.15) is 25.8 Å². The van der Waals surface area contributed by atoms with Crippen molar-refractivity contribution < 1.29 is 10.0 Å². The van der Waals surface area contributed by atoms with Gasteiger partial charge in [0.1, 0.15) is 0 Å². The van der Waals surface area contributed by atoms with Crippen molar-refractivity contribution >= 4 is 17.3 Å². The zero-order valence-corrected chi connectivity index (χ0v) is 10.6. The van der Waals surface area contributed by atoms with Gasteiger partial charge in [0.25, 0.3) is 5.69 Å². The Labute approximate surface area is 105 Å². The second kappa shape index (κ2) is 5.98. The summed E-state index contributed by atoms with van der Waals surface area (Å²) in [6, 6.07) is 4.65. The number of rotatable bonds is 5. The quantitative estimate of drug-likeness (QED) is 0.651. The molecule has 1 N–H and O–H groups in total. The summed E-state index contributed by atoms with van der Waals surface area (Å²) in [7, 11) is 0. The van der Waals surface area contributed by atoms with Crippen LogP contribution in [0.15, 0.2) is 18.2 Å². The standard InChI is InChI=1S/C12H16ClNO3/c1-3-9(8(2)15)6-10-4-5-11(13)7-12(10)14(16)17/h4-5,7-9,15H,3,6H2,1-2H3. The second-order valence-electron chi connectivity index (χ2n) is 4.14. The highest BCUT2D eigenvalue weighted by Crippen LogP contribution is 2.27. The van der Waals surface area contributed by atoms with E-state index in [1.807, 2.05) is 6.92 Å². The van der Waals surface area contributed by atoms with Gasteiger partial charge in [0, 0.05) is 16.7 Å². The summed E-state index contributed by atoms with van der Waals surface area (Å²) in [5.74, 6) is 0.0230. The lowest BCUT2D eigenvalue weighted by atomic mass is 9.92. The predicted octanol–water partition coefficient (Wildman–Crippen LogP) is 3.20. The van der Waals surface area contributed by atoms with E-state index in [0.717, 1.165) is 6.42 Å². The molecule has 0 aromatic heterocycles. The molecule has 0 aliphatic rings. The second-order valence-corrected chi connectivity index (χ2v) is 4.58. The van der Waals surface area contributed by atoms with Gasteiger partial charge in [-0.1, -0.05) is 31.0 Å². The van der Waals surface area contributed by atoms with Gasteiger partial charge in [-0.15, -0.1) is 0 Å². The molecule has 2 unspecified atom stereocenters. The Kier molecular flexibility index (Phi) is 4.90. The van der Waals surface area contributed by atoms with Gasteiger partial charge in [-0.2, -0.15) is 0 Å². The van der Waals surface area contributed by atoms with Crippen LogP contribution in [0.25, 0.3) is 0 Å². The third-order valence-electron chi connectivity index (χ3n) is 2.93. The molecule has 0 saturated heterocycles. The number of nitro groups is 1. The van der Waals surface area contributed by atoms with Crippen molar-refractivity contribution in [2.24, 2.45) is 5.92 Å². The average molecular weight is 258 g/mol. The minimum atomic E-state index is -0.477. The van der Waals surface area contributed by atoms with Crippen LogP contribution in [-0.2, 0) is 6.42 Å². The fourth-order valence-electron chi connectivity index (χ4n) is 1.82. The molecule has 2 atom stereocenters. The van der Waals surface area contributed by atoms with E-state index >= 15 is 0 Å². The van der Waals surface area contributed by atoms with Crippen molar-refractivity contribution in [3.63, 3.8) is 0 Å². The number of nitro benzene ring substituents is 1. The van der Waals surface area contributed by atoms with Crippen LogP contribution in [-0.4, -0.2) is 16.1 Å². The minimum absolute atomic E-state index is 0.0230. The highest BCUT2D eigenvalue weighted by molar-refractivity contribution is 6.30. The molecule has 0 radical (unpaired) electrons. The number of aliphatic hydroxyl groups is 1. The van der Waals surface area contributed by atoms with Gasteiger partial charge in [0.05, 0.1) is 11.0 Å². The normalized spacial score (nSPS) is 14.4. The highest BCUT2D eigenvalue weighted by atomic mass is 35.5. The van der Waals surface area contributed by atoms with E-state index in [0.29, 0.717) is 17.0 Å². The zero-order valence-electron chi connectivity index (χ0n) is 9.89. The molecule has 94 valence electrons. The largest absolute Gasteiger partial charge is 0.393 e.